The number of fused-ring (bicyclic) bond motifs is 9. The summed E-state index contributed by atoms with van der Waals surface area (Å²) in [4.78, 5) is 5.16. The maximum absolute atomic E-state index is 2.74. The van der Waals surface area contributed by atoms with Gasteiger partial charge in [-0.25, -0.2) is 0 Å². The molecule has 0 spiro atoms. The van der Waals surface area contributed by atoms with Crippen LogP contribution in [0.5, 0.6) is 0 Å². The fraction of sp³-hybridized carbons (Fsp3) is 0.254. The molecular formula is C67H66BN3. The Morgan fingerprint density at radius 1 is 0.479 bits per heavy atom. The number of benzene rings is 8. The number of nitrogens with zero attached hydrogens (tertiary/aromatic N) is 3. The van der Waals surface area contributed by atoms with Crippen molar-refractivity contribution in [2.24, 2.45) is 0 Å². The highest BCUT2D eigenvalue weighted by Gasteiger charge is 2.48. The summed E-state index contributed by atoms with van der Waals surface area (Å²) in [5.74, 6) is 0. The minimum atomic E-state index is -0.236. The first kappa shape index (κ1) is 45.1. The van der Waals surface area contributed by atoms with Crippen LogP contribution >= 0.6 is 0 Å². The van der Waals surface area contributed by atoms with E-state index in [2.05, 4.69) is 268 Å². The van der Waals surface area contributed by atoms with Crippen LogP contribution in [0.15, 0.2) is 164 Å². The van der Waals surface area contributed by atoms with E-state index in [9.17, 15) is 0 Å². The molecule has 0 N–H and O–H groups in total. The summed E-state index contributed by atoms with van der Waals surface area (Å²) in [5.41, 5.74) is 27.8. The highest BCUT2D eigenvalue weighted by atomic mass is 15.2. The quantitative estimate of drug-likeness (QED) is 0.159. The third-order valence-corrected chi connectivity index (χ3v) is 16.2. The van der Waals surface area contributed by atoms with Crippen LogP contribution in [0.4, 0.5) is 34.1 Å². The Morgan fingerprint density at radius 3 is 1.72 bits per heavy atom. The zero-order valence-electron chi connectivity index (χ0n) is 44.0. The van der Waals surface area contributed by atoms with Crippen molar-refractivity contribution in [2.75, 3.05) is 9.80 Å². The molecule has 0 amide bonds. The van der Waals surface area contributed by atoms with E-state index in [-0.39, 0.29) is 28.4 Å². The molecule has 0 saturated heterocycles. The van der Waals surface area contributed by atoms with Crippen LogP contribution < -0.4 is 26.2 Å². The van der Waals surface area contributed by atoms with Crippen molar-refractivity contribution in [2.45, 2.75) is 112 Å². The zero-order valence-corrected chi connectivity index (χ0v) is 44.0. The molecule has 0 fully saturated rings. The second-order valence-corrected chi connectivity index (χ2v) is 24.4. The summed E-state index contributed by atoms with van der Waals surface area (Å²) in [7, 11) is 0. The molecule has 3 nitrogen and oxygen atoms in total. The van der Waals surface area contributed by atoms with Crippen molar-refractivity contribution < 1.29 is 0 Å². The van der Waals surface area contributed by atoms with Gasteiger partial charge in [0.25, 0.3) is 6.71 Å². The van der Waals surface area contributed by atoms with Crippen LogP contribution in [0.3, 0.4) is 0 Å². The van der Waals surface area contributed by atoms with Gasteiger partial charge in [-0.05, 0) is 146 Å². The largest absolute Gasteiger partial charge is 0.313 e. The molecule has 71 heavy (non-hydrogen) atoms. The van der Waals surface area contributed by atoms with Crippen molar-refractivity contribution in [3.05, 3.63) is 203 Å². The molecule has 0 radical (unpaired) electrons. The third-order valence-electron chi connectivity index (χ3n) is 16.2. The number of rotatable bonds is 5. The molecule has 0 bridgehead atoms. The summed E-state index contributed by atoms with van der Waals surface area (Å²) in [5, 5.41) is 1.36. The summed E-state index contributed by atoms with van der Waals surface area (Å²) in [6.07, 6.45) is 0. The first-order valence-electron chi connectivity index (χ1n) is 25.8. The Bertz CT molecular complexity index is 3610. The topological polar surface area (TPSA) is 11.4 Å². The van der Waals surface area contributed by atoms with E-state index in [1.807, 2.05) is 0 Å². The first-order valence-corrected chi connectivity index (χ1v) is 25.8. The van der Waals surface area contributed by atoms with Gasteiger partial charge in [0.2, 0.25) is 0 Å². The molecule has 3 heterocycles. The Labute approximate surface area is 422 Å². The lowest BCUT2D eigenvalue weighted by molar-refractivity contribution is 0.588. The van der Waals surface area contributed by atoms with Gasteiger partial charge in [-0.2, -0.15) is 0 Å². The molecule has 12 rings (SSSR count). The Morgan fingerprint density at radius 2 is 1.07 bits per heavy atom. The average molecular weight is 924 g/mol. The first-order chi connectivity index (χ1) is 33.7. The van der Waals surface area contributed by atoms with E-state index < -0.39 is 0 Å². The van der Waals surface area contributed by atoms with E-state index >= 15 is 0 Å². The molecule has 2 aliphatic heterocycles. The van der Waals surface area contributed by atoms with Gasteiger partial charge in [0, 0.05) is 67.3 Å². The van der Waals surface area contributed by atoms with Crippen molar-refractivity contribution in [3.63, 3.8) is 0 Å². The number of aryl methyl sites for hydroxylation is 2. The maximum Gasteiger partial charge on any atom is 0.252 e. The molecule has 0 atom stereocenters. The fourth-order valence-electron chi connectivity index (χ4n) is 12.4. The molecule has 0 unspecified atom stereocenters. The van der Waals surface area contributed by atoms with Crippen LogP contribution in [-0.2, 0) is 21.7 Å². The number of anilines is 6. The lowest BCUT2D eigenvalue weighted by Crippen LogP contribution is -2.61. The Hall–Kier alpha value is -7.04. The molecule has 3 aliphatic rings. The molecular weight excluding hydrogens is 858 g/mol. The van der Waals surface area contributed by atoms with Gasteiger partial charge < -0.3 is 14.4 Å². The Balaban J connectivity index is 1.26. The van der Waals surface area contributed by atoms with Gasteiger partial charge in [-0.1, -0.05) is 185 Å². The zero-order chi connectivity index (χ0) is 49.7. The second-order valence-electron chi connectivity index (χ2n) is 24.4. The number of para-hydroxylation sites is 2. The standard InChI is InChI=1S/C67H66BN3/c1-41-23-17-21-29-54(41)69(55-30-22-18-24-42(55)2)47-32-33-52-57(40-47)70(56-34-31-44(64(3,4)5)35-49(56)43-25-15-14-16-26-43)58-38-46(66(9,10)11)39-59-61(58)68(52)53-37-45(65(6,7)8)36-50-60-48-27-19-20-28-51(48)67(12,13)63(60)71(59)62(50)53/h14-40H,1-13H3. The van der Waals surface area contributed by atoms with E-state index in [0.717, 1.165) is 5.69 Å². The van der Waals surface area contributed by atoms with Gasteiger partial charge in [-0.15, -0.1) is 0 Å². The lowest BCUT2D eigenvalue weighted by atomic mass is 9.33. The molecule has 9 aromatic rings. The van der Waals surface area contributed by atoms with E-state index in [4.69, 9.17) is 0 Å². The van der Waals surface area contributed by atoms with Crippen molar-refractivity contribution in [1.29, 1.82) is 0 Å². The normalized spacial score (nSPS) is 14.3. The van der Waals surface area contributed by atoms with Crippen LogP contribution in [0.2, 0.25) is 0 Å². The van der Waals surface area contributed by atoms with Crippen molar-refractivity contribution in [1.82, 2.24) is 4.57 Å². The van der Waals surface area contributed by atoms with Crippen LogP contribution in [0.25, 0.3) is 38.8 Å². The van der Waals surface area contributed by atoms with E-state index in [1.165, 1.54) is 123 Å². The van der Waals surface area contributed by atoms with Crippen LogP contribution in [0, 0.1) is 13.8 Å². The number of aromatic nitrogens is 1. The highest BCUT2D eigenvalue weighted by molar-refractivity contribution is 7.00. The molecule has 0 saturated carbocycles. The maximum atomic E-state index is 2.74. The predicted octanol–water partition coefficient (Wildman–Crippen LogP) is 16.2. The van der Waals surface area contributed by atoms with Gasteiger partial charge >= 0.3 is 0 Å². The van der Waals surface area contributed by atoms with Gasteiger partial charge in [0.1, 0.15) is 0 Å². The summed E-state index contributed by atoms with van der Waals surface area (Å²) < 4.78 is 2.74. The summed E-state index contributed by atoms with van der Waals surface area (Å²) in [6.45, 7) is 30.7. The highest BCUT2D eigenvalue weighted by Crippen LogP contribution is 2.56. The second kappa shape index (κ2) is 15.5. The van der Waals surface area contributed by atoms with Gasteiger partial charge in [-0.3, -0.25) is 0 Å². The minimum absolute atomic E-state index is 0.0283. The molecule has 8 aromatic carbocycles. The monoisotopic (exact) mass is 924 g/mol. The summed E-state index contributed by atoms with van der Waals surface area (Å²) >= 11 is 0. The average Bonchev–Trinajstić information content (AvgIpc) is 3.81. The molecule has 1 aliphatic carbocycles. The van der Waals surface area contributed by atoms with Crippen LogP contribution in [0.1, 0.15) is 115 Å². The Kier molecular flexibility index (Phi) is 9.84. The predicted molar refractivity (Wildman–Crippen MR) is 306 cm³/mol. The number of hydrogen-bond acceptors (Lipinski definition) is 2. The minimum Gasteiger partial charge on any atom is -0.313 e. The van der Waals surface area contributed by atoms with Crippen molar-refractivity contribution in [3.8, 4) is 27.9 Å². The van der Waals surface area contributed by atoms with E-state index in [0.29, 0.717) is 0 Å². The van der Waals surface area contributed by atoms with Gasteiger partial charge in [0.15, 0.2) is 0 Å². The number of hydrogen-bond donors (Lipinski definition) is 0. The van der Waals surface area contributed by atoms with Crippen LogP contribution in [-0.4, -0.2) is 11.3 Å². The molecule has 1 aromatic heterocycles. The smallest absolute Gasteiger partial charge is 0.252 e. The lowest BCUT2D eigenvalue weighted by Gasteiger charge is -2.43. The van der Waals surface area contributed by atoms with E-state index in [1.54, 1.807) is 0 Å². The molecule has 352 valence electrons. The van der Waals surface area contributed by atoms with Crippen molar-refractivity contribution >= 4 is 68.1 Å². The molecule has 4 heteroatoms. The third kappa shape index (κ3) is 6.77. The fourth-order valence-corrected chi connectivity index (χ4v) is 12.4. The summed E-state index contributed by atoms with van der Waals surface area (Å²) in [6, 6.07) is 63.0. The SMILES string of the molecule is Cc1ccccc1N(c1ccc2c(c1)N(c1ccc(C(C)(C)C)cc1-c1ccccc1)c1cc(C(C)(C)C)cc3c1B2c1cc(C(C)(C)C)cc2c4c(n-3c12)C(C)(C)c1ccccc1-4)c1ccccc1C. The van der Waals surface area contributed by atoms with Gasteiger partial charge in [0.05, 0.1) is 5.69 Å².